The van der Waals surface area contributed by atoms with Crippen molar-refractivity contribution in [2.75, 3.05) is 7.11 Å². The number of esters is 1. The summed E-state index contributed by atoms with van der Waals surface area (Å²) in [4.78, 5) is 31.4. The molecule has 1 N–H and O–H groups in total. The van der Waals surface area contributed by atoms with Gasteiger partial charge in [-0.05, 0) is 18.2 Å². The van der Waals surface area contributed by atoms with E-state index in [-0.39, 0.29) is 5.56 Å². The fourth-order valence-electron chi connectivity index (χ4n) is 2.81. The molecule has 0 saturated heterocycles. The first-order valence-electron chi connectivity index (χ1n) is 7.73. The van der Waals surface area contributed by atoms with Gasteiger partial charge in [0.25, 0.3) is 5.56 Å². The lowest BCUT2D eigenvalue weighted by atomic mass is 10.0. The van der Waals surface area contributed by atoms with E-state index in [1.807, 2.05) is 30.3 Å². The highest BCUT2D eigenvalue weighted by Crippen LogP contribution is 2.34. The van der Waals surface area contributed by atoms with Crippen LogP contribution in [0.1, 0.15) is 21.5 Å². The van der Waals surface area contributed by atoms with Crippen LogP contribution in [0.25, 0.3) is 11.4 Å². The van der Waals surface area contributed by atoms with Gasteiger partial charge in [0, 0.05) is 17.5 Å². The molecule has 25 heavy (non-hydrogen) atoms. The van der Waals surface area contributed by atoms with Crippen molar-refractivity contribution in [3.63, 3.8) is 0 Å². The lowest BCUT2D eigenvalue weighted by molar-refractivity contribution is 0.0600. The summed E-state index contributed by atoms with van der Waals surface area (Å²) in [6.07, 6.45) is 0.340. The molecule has 124 valence electrons. The first kappa shape index (κ1) is 15.1. The van der Waals surface area contributed by atoms with E-state index < -0.39 is 5.97 Å². The number of rotatable bonds is 2. The van der Waals surface area contributed by atoms with Crippen LogP contribution < -0.4 is 10.3 Å². The molecular weight excluding hydrogens is 320 g/mol. The summed E-state index contributed by atoms with van der Waals surface area (Å²) in [6.45, 7) is 0. The second-order valence-corrected chi connectivity index (χ2v) is 5.66. The number of carbonyl (C=O) groups excluding carboxylic acids is 1. The van der Waals surface area contributed by atoms with Crippen LogP contribution in [-0.2, 0) is 11.2 Å². The van der Waals surface area contributed by atoms with Gasteiger partial charge in [-0.2, -0.15) is 4.98 Å². The van der Waals surface area contributed by atoms with Gasteiger partial charge in [-0.25, -0.2) is 4.79 Å². The molecule has 1 aliphatic heterocycles. The molecule has 0 unspecified atom stereocenters. The topological polar surface area (TPSA) is 81.3 Å². The number of fused-ring (bicyclic) bond motifs is 2. The molecule has 0 radical (unpaired) electrons. The normalized spacial score (nSPS) is 11.9. The summed E-state index contributed by atoms with van der Waals surface area (Å²) in [5.41, 5.74) is 2.15. The van der Waals surface area contributed by atoms with E-state index in [1.165, 1.54) is 7.11 Å². The van der Waals surface area contributed by atoms with Crippen molar-refractivity contribution in [3.8, 4) is 23.0 Å². The zero-order valence-corrected chi connectivity index (χ0v) is 13.4. The zero-order valence-electron chi connectivity index (χ0n) is 13.4. The summed E-state index contributed by atoms with van der Waals surface area (Å²) >= 11 is 0. The van der Waals surface area contributed by atoms with E-state index in [0.29, 0.717) is 35.0 Å². The van der Waals surface area contributed by atoms with Crippen molar-refractivity contribution in [2.24, 2.45) is 0 Å². The van der Waals surface area contributed by atoms with Gasteiger partial charge in [0.2, 0.25) is 5.88 Å². The number of benzene rings is 2. The molecule has 0 atom stereocenters. The van der Waals surface area contributed by atoms with Crippen molar-refractivity contribution in [3.05, 3.63) is 75.6 Å². The van der Waals surface area contributed by atoms with Gasteiger partial charge in [0.05, 0.1) is 18.2 Å². The number of ether oxygens (including phenoxy) is 2. The maximum Gasteiger partial charge on any atom is 0.337 e. The molecule has 0 aliphatic carbocycles. The van der Waals surface area contributed by atoms with E-state index in [0.717, 1.165) is 11.1 Å². The van der Waals surface area contributed by atoms with Crippen molar-refractivity contribution in [2.45, 2.75) is 6.42 Å². The highest BCUT2D eigenvalue weighted by atomic mass is 16.5. The molecule has 6 heteroatoms. The number of carbonyl (C=O) groups is 1. The molecule has 6 nitrogen and oxygen atoms in total. The minimum Gasteiger partial charge on any atom is -0.465 e. The molecule has 0 spiro atoms. The van der Waals surface area contributed by atoms with E-state index in [2.05, 4.69) is 9.97 Å². The Kier molecular flexibility index (Phi) is 3.57. The molecule has 0 bridgehead atoms. The van der Waals surface area contributed by atoms with Gasteiger partial charge in [-0.1, -0.05) is 30.3 Å². The Morgan fingerprint density at radius 1 is 1.20 bits per heavy atom. The summed E-state index contributed by atoms with van der Waals surface area (Å²) in [5.74, 6) is 0.900. The molecule has 4 rings (SSSR count). The third-order valence-electron chi connectivity index (χ3n) is 4.08. The number of hydrogen-bond donors (Lipinski definition) is 1. The monoisotopic (exact) mass is 334 g/mol. The van der Waals surface area contributed by atoms with Crippen molar-refractivity contribution < 1.29 is 14.3 Å². The Morgan fingerprint density at radius 3 is 2.76 bits per heavy atom. The number of aromatic amines is 1. The lowest BCUT2D eigenvalue weighted by Crippen LogP contribution is -2.20. The number of nitrogens with zero attached hydrogens (tertiary/aromatic N) is 1. The first-order chi connectivity index (χ1) is 12.2. The predicted octanol–water partition coefficient (Wildman–Crippen LogP) is 2.92. The summed E-state index contributed by atoms with van der Waals surface area (Å²) < 4.78 is 10.5. The Hall–Kier alpha value is -3.41. The quantitative estimate of drug-likeness (QED) is 0.570. The van der Waals surface area contributed by atoms with Gasteiger partial charge >= 0.3 is 5.97 Å². The molecular formula is C19H14N2O4. The standard InChI is InChI=1S/C19H14N2O4/c1-24-19(23)12-7-8-15-13(9-12)10-14-17(22)20-16(21-18(14)25-15)11-5-3-2-4-6-11/h2-9H,10H2,1H3,(H,20,21,22). The van der Waals surface area contributed by atoms with Crippen molar-refractivity contribution in [1.29, 1.82) is 0 Å². The third kappa shape index (κ3) is 2.67. The number of H-pyrrole nitrogens is 1. The van der Waals surface area contributed by atoms with E-state index in [1.54, 1.807) is 18.2 Å². The van der Waals surface area contributed by atoms with Gasteiger partial charge in [-0.3, -0.25) is 4.79 Å². The minimum absolute atomic E-state index is 0.252. The second-order valence-electron chi connectivity index (χ2n) is 5.66. The minimum atomic E-state index is -0.431. The summed E-state index contributed by atoms with van der Waals surface area (Å²) in [6, 6.07) is 14.4. The highest BCUT2D eigenvalue weighted by molar-refractivity contribution is 5.89. The van der Waals surface area contributed by atoms with Crippen LogP contribution in [0.5, 0.6) is 11.6 Å². The van der Waals surface area contributed by atoms with Crippen LogP contribution in [0.4, 0.5) is 0 Å². The Morgan fingerprint density at radius 2 is 2.00 bits per heavy atom. The highest BCUT2D eigenvalue weighted by Gasteiger charge is 2.23. The largest absolute Gasteiger partial charge is 0.465 e. The van der Waals surface area contributed by atoms with Crippen LogP contribution in [0.3, 0.4) is 0 Å². The van der Waals surface area contributed by atoms with Crippen LogP contribution in [0, 0.1) is 0 Å². The smallest absolute Gasteiger partial charge is 0.337 e. The number of nitrogens with one attached hydrogen (secondary N) is 1. The first-order valence-corrected chi connectivity index (χ1v) is 7.73. The van der Waals surface area contributed by atoms with Crippen LogP contribution in [0.2, 0.25) is 0 Å². The summed E-state index contributed by atoms with van der Waals surface area (Å²) in [5, 5.41) is 0. The van der Waals surface area contributed by atoms with Crippen molar-refractivity contribution in [1.82, 2.24) is 9.97 Å². The van der Waals surface area contributed by atoms with Crippen LogP contribution >= 0.6 is 0 Å². The second kappa shape index (κ2) is 5.90. The number of aromatic nitrogens is 2. The van der Waals surface area contributed by atoms with E-state index in [9.17, 15) is 9.59 Å². The maximum atomic E-state index is 12.5. The predicted molar refractivity (Wildman–Crippen MR) is 91.0 cm³/mol. The number of methoxy groups -OCH3 is 1. The molecule has 1 aromatic heterocycles. The Balaban J connectivity index is 1.76. The Bertz CT molecular complexity index is 1030. The van der Waals surface area contributed by atoms with Gasteiger partial charge < -0.3 is 14.5 Å². The number of hydrogen-bond acceptors (Lipinski definition) is 5. The maximum absolute atomic E-state index is 12.5. The van der Waals surface area contributed by atoms with Crippen LogP contribution in [-0.4, -0.2) is 23.0 Å². The Labute approximate surface area is 143 Å². The molecule has 1 aliphatic rings. The third-order valence-corrected chi connectivity index (χ3v) is 4.08. The summed E-state index contributed by atoms with van der Waals surface area (Å²) in [7, 11) is 1.33. The molecule has 3 aromatic rings. The zero-order chi connectivity index (χ0) is 17.4. The van der Waals surface area contributed by atoms with E-state index >= 15 is 0 Å². The van der Waals surface area contributed by atoms with E-state index in [4.69, 9.17) is 9.47 Å². The molecule has 0 fully saturated rings. The van der Waals surface area contributed by atoms with Gasteiger partial charge in [0.15, 0.2) is 0 Å². The molecule has 2 heterocycles. The fourth-order valence-corrected chi connectivity index (χ4v) is 2.81. The SMILES string of the molecule is COC(=O)c1ccc2c(c1)Cc1c(nc(-c3ccccc3)[nH]c1=O)O2. The average molecular weight is 334 g/mol. The molecule has 0 saturated carbocycles. The van der Waals surface area contributed by atoms with Crippen molar-refractivity contribution >= 4 is 5.97 Å². The van der Waals surface area contributed by atoms with Gasteiger partial charge in [0.1, 0.15) is 11.6 Å². The lowest BCUT2D eigenvalue weighted by Gasteiger charge is -2.19. The van der Waals surface area contributed by atoms with Crippen LogP contribution in [0.15, 0.2) is 53.3 Å². The average Bonchev–Trinajstić information content (AvgIpc) is 2.66. The fraction of sp³-hybridized carbons (Fsp3) is 0.105. The molecule has 0 amide bonds. The van der Waals surface area contributed by atoms with Gasteiger partial charge in [-0.15, -0.1) is 0 Å². The molecule has 2 aromatic carbocycles.